The van der Waals surface area contributed by atoms with Gasteiger partial charge < -0.3 is 9.84 Å². The van der Waals surface area contributed by atoms with E-state index >= 15 is 0 Å². The van der Waals surface area contributed by atoms with Crippen molar-refractivity contribution >= 4 is 27.5 Å². The standard InChI is InChI=1S/C13H13NO3S/c15-11(16)6-7-17-9-2-1-3-10-12(9)14-13(18-10)8-4-5-8/h1-3,8H,4-7H2,(H,15,16). The molecule has 1 aromatic carbocycles. The van der Waals surface area contributed by atoms with E-state index in [0.29, 0.717) is 11.7 Å². The molecule has 0 bridgehead atoms. The van der Waals surface area contributed by atoms with Gasteiger partial charge in [0.15, 0.2) is 0 Å². The largest absolute Gasteiger partial charge is 0.491 e. The van der Waals surface area contributed by atoms with E-state index in [1.165, 1.54) is 17.8 Å². The van der Waals surface area contributed by atoms with Crippen LogP contribution in [0.15, 0.2) is 18.2 Å². The number of fused-ring (bicyclic) bond motifs is 1. The van der Waals surface area contributed by atoms with Crippen LogP contribution in [0, 0.1) is 0 Å². The zero-order valence-corrected chi connectivity index (χ0v) is 10.6. The number of aromatic nitrogens is 1. The number of benzene rings is 1. The van der Waals surface area contributed by atoms with Crippen molar-refractivity contribution in [2.24, 2.45) is 0 Å². The van der Waals surface area contributed by atoms with Gasteiger partial charge in [-0.1, -0.05) is 6.07 Å². The average molecular weight is 263 g/mol. The maximum atomic E-state index is 10.5. The fourth-order valence-electron chi connectivity index (χ4n) is 1.81. The predicted molar refractivity (Wildman–Crippen MR) is 69.3 cm³/mol. The maximum absolute atomic E-state index is 10.5. The third-order valence-electron chi connectivity index (χ3n) is 2.90. The zero-order valence-electron chi connectivity index (χ0n) is 9.76. The van der Waals surface area contributed by atoms with E-state index in [9.17, 15) is 4.79 Å². The van der Waals surface area contributed by atoms with Gasteiger partial charge in [0.05, 0.1) is 22.7 Å². The van der Waals surface area contributed by atoms with Gasteiger partial charge in [-0.05, 0) is 25.0 Å². The molecule has 0 amide bonds. The first-order valence-corrected chi connectivity index (χ1v) is 6.80. The molecule has 0 aliphatic heterocycles. The monoisotopic (exact) mass is 263 g/mol. The highest BCUT2D eigenvalue weighted by Crippen LogP contribution is 2.44. The van der Waals surface area contributed by atoms with Crippen molar-refractivity contribution in [3.05, 3.63) is 23.2 Å². The molecule has 4 nitrogen and oxygen atoms in total. The number of para-hydroxylation sites is 1. The number of carboxylic acids is 1. The second-order valence-electron chi connectivity index (χ2n) is 4.42. The quantitative estimate of drug-likeness (QED) is 0.900. The van der Waals surface area contributed by atoms with Gasteiger partial charge in [-0.2, -0.15) is 0 Å². The lowest BCUT2D eigenvalue weighted by Gasteiger charge is -2.04. The molecule has 1 aromatic heterocycles. The molecule has 0 spiro atoms. The molecule has 0 radical (unpaired) electrons. The van der Waals surface area contributed by atoms with Gasteiger partial charge in [0, 0.05) is 5.92 Å². The molecule has 0 unspecified atom stereocenters. The Bertz CT molecular complexity index is 589. The van der Waals surface area contributed by atoms with Crippen molar-refractivity contribution in [3.63, 3.8) is 0 Å². The minimum absolute atomic E-state index is 0.00993. The first-order chi connectivity index (χ1) is 8.74. The SMILES string of the molecule is O=C(O)CCOc1cccc2sc(C3CC3)nc12. The van der Waals surface area contributed by atoms with Gasteiger partial charge in [0.25, 0.3) is 0 Å². The summed E-state index contributed by atoms with van der Waals surface area (Å²) in [6.45, 7) is 0.185. The van der Waals surface area contributed by atoms with E-state index in [2.05, 4.69) is 4.98 Å². The lowest BCUT2D eigenvalue weighted by Crippen LogP contribution is -2.04. The molecule has 5 heteroatoms. The number of rotatable bonds is 5. The molecule has 3 rings (SSSR count). The van der Waals surface area contributed by atoms with Crippen molar-refractivity contribution in [3.8, 4) is 5.75 Å². The minimum Gasteiger partial charge on any atom is -0.491 e. The molecular formula is C13H13NO3S. The molecule has 1 heterocycles. The molecule has 1 saturated carbocycles. The van der Waals surface area contributed by atoms with E-state index in [1.807, 2.05) is 18.2 Å². The van der Waals surface area contributed by atoms with Crippen molar-refractivity contribution in [2.75, 3.05) is 6.61 Å². The van der Waals surface area contributed by atoms with Crippen LogP contribution in [0.3, 0.4) is 0 Å². The number of ether oxygens (including phenoxy) is 1. The minimum atomic E-state index is -0.848. The van der Waals surface area contributed by atoms with Crippen LogP contribution in [0.4, 0.5) is 0 Å². The molecular weight excluding hydrogens is 250 g/mol. The summed E-state index contributed by atoms with van der Waals surface area (Å²) in [5, 5.41) is 9.78. The number of carbonyl (C=O) groups is 1. The molecule has 94 valence electrons. The normalized spacial score (nSPS) is 14.9. The Kier molecular flexibility index (Phi) is 2.91. The van der Waals surface area contributed by atoms with Crippen LogP contribution >= 0.6 is 11.3 Å². The number of carboxylic acid groups (broad SMARTS) is 1. The highest BCUT2D eigenvalue weighted by molar-refractivity contribution is 7.18. The Labute approximate surface area is 108 Å². The van der Waals surface area contributed by atoms with Crippen LogP contribution in [0.25, 0.3) is 10.2 Å². The molecule has 2 aromatic rings. The van der Waals surface area contributed by atoms with Crippen molar-refractivity contribution < 1.29 is 14.6 Å². The summed E-state index contributed by atoms with van der Waals surface area (Å²) in [5.41, 5.74) is 0.870. The summed E-state index contributed by atoms with van der Waals surface area (Å²) in [6.07, 6.45) is 2.47. The average Bonchev–Trinajstić information content (AvgIpc) is 3.09. The molecule has 1 N–H and O–H groups in total. The van der Waals surface area contributed by atoms with Gasteiger partial charge in [0.2, 0.25) is 0 Å². The van der Waals surface area contributed by atoms with E-state index in [0.717, 1.165) is 10.2 Å². The molecule has 0 saturated heterocycles. The maximum Gasteiger partial charge on any atom is 0.306 e. The first-order valence-electron chi connectivity index (χ1n) is 5.98. The van der Waals surface area contributed by atoms with Gasteiger partial charge in [-0.25, -0.2) is 4.98 Å². The summed E-state index contributed by atoms with van der Waals surface area (Å²) in [7, 11) is 0. The molecule has 0 atom stereocenters. The number of hydrogen-bond donors (Lipinski definition) is 1. The first kappa shape index (κ1) is 11.5. The van der Waals surface area contributed by atoms with E-state index in [-0.39, 0.29) is 13.0 Å². The number of thiazole rings is 1. The van der Waals surface area contributed by atoms with Gasteiger partial charge in [0.1, 0.15) is 11.3 Å². The predicted octanol–water partition coefficient (Wildman–Crippen LogP) is 3.03. The molecule has 1 fully saturated rings. The lowest BCUT2D eigenvalue weighted by molar-refractivity contribution is -0.137. The van der Waals surface area contributed by atoms with E-state index < -0.39 is 5.97 Å². The Morgan fingerprint density at radius 3 is 3.06 bits per heavy atom. The van der Waals surface area contributed by atoms with Crippen molar-refractivity contribution in [1.29, 1.82) is 0 Å². The number of nitrogens with zero attached hydrogens (tertiary/aromatic N) is 1. The molecule has 1 aliphatic rings. The Morgan fingerprint density at radius 1 is 1.50 bits per heavy atom. The summed E-state index contributed by atoms with van der Waals surface area (Å²) in [5.74, 6) is 0.477. The zero-order chi connectivity index (χ0) is 12.5. The third kappa shape index (κ3) is 2.31. The number of aliphatic carboxylic acids is 1. The van der Waals surface area contributed by atoms with Crippen molar-refractivity contribution in [1.82, 2.24) is 4.98 Å². The second kappa shape index (κ2) is 4.57. The Morgan fingerprint density at radius 2 is 2.33 bits per heavy atom. The van der Waals surface area contributed by atoms with Crippen LogP contribution in [-0.4, -0.2) is 22.7 Å². The molecule has 18 heavy (non-hydrogen) atoms. The Balaban J connectivity index is 1.83. The van der Waals surface area contributed by atoms with Gasteiger partial charge >= 0.3 is 5.97 Å². The topological polar surface area (TPSA) is 59.4 Å². The summed E-state index contributed by atoms with van der Waals surface area (Å²) in [6, 6.07) is 5.80. The van der Waals surface area contributed by atoms with Crippen LogP contribution in [-0.2, 0) is 4.79 Å². The van der Waals surface area contributed by atoms with Crippen LogP contribution in [0.2, 0.25) is 0 Å². The lowest BCUT2D eigenvalue weighted by atomic mass is 10.3. The highest BCUT2D eigenvalue weighted by Gasteiger charge is 2.27. The van der Waals surface area contributed by atoms with Gasteiger partial charge in [-0.15, -0.1) is 11.3 Å². The smallest absolute Gasteiger partial charge is 0.306 e. The van der Waals surface area contributed by atoms with Crippen LogP contribution < -0.4 is 4.74 Å². The molecule has 1 aliphatic carbocycles. The fraction of sp³-hybridized carbons (Fsp3) is 0.385. The summed E-state index contributed by atoms with van der Waals surface area (Å²) >= 11 is 1.71. The Hall–Kier alpha value is -1.62. The van der Waals surface area contributed by atoms with Crippen LogP contribution in [0.1, 0.15) is 30.2 Å². The van der Waals surface area contributed by atoms with E-state index in [1.54, 1.807) is 11.3 Å². The van der Waals surface area contributed by atoms with Gasteiger partial charge in [-0.3, -0.25) is 4.79 Å². The van der Waals surface area contributed by atoms with Crippen LogP contribution in [0.5, 0.6) is 5.75 Å². The highest BCUT2D eigenvalue weighted by atomic mass is 32.1. The summed E-state index contributed by atoms with van der Waals surface area (Å²) in [4.78, 5) is 15.1. The number of hydrogen-bond acceptors (Lipinski definition) is 4. The second-order valence-corrected chi connectivity index (χ2v) is 5.48. The fourth-order valence-corrected chi connectivity index (χ4v) is 2.96. The van der Waals surface area contributed by atoms with E-state index in [4.69, 9.17) is 9.84 Å². The van der Waals surface area contributed by atoms with Crippen molar-refractivity contribution in [2.45, 2.75) is 25.2 Å². The third-order valence-corrected chi connectivity index (χ3v) is 4.08. The summed E-state index contributed by atoms with van der Waals surface area (Å²) < 4.78 is 6.62.